The first-order chi connectivity index (χ1) is 19.9. The number of carbonyl (C=O) groups is 4. The Hall–Kier alpha value is -2.40. The SMILES string of the molecule is O=C(O)CCC(=O)NCCCOCCOCCOCCOCCOCCOCCOCCCNC(=O)CCC(=O)O. The second kappa shape index (κ2) is 30.6. The van der Waals surface area contributed by atoms with Crippen molar-refractivity contribution in [1.29, 1.82) is 0 Å². The number of hydrogen-bond acceptors (Lipinski definition) is 11. The van der Waals surface area contributed by atoms with Crippen molar-refractivity contribution in [2.75, 3.05) is 106 Å². The van der Waals surface area contributed by atoms with Crippen molar-refractivity contribution in [3.63, 3.8) is 0 Å². The van der Waals surface area contributed by atoms with Gasteiger partial charge in [-0.2, -0.15) is 0 Å². The maximum absolute atomic E-state index is 11.3. The number of carbonyl (C=O) groups excluding carboxylic acids is 2. The molecule has 240 valence electrons. The van der Waals surface area contributed by atoms with Crippen molar-refractivity contribution in [2.24, 2.45) is 0 Å². The van der Waals surface area contributed by atoms with Crippen LogP contribution in [0.15, 0.2) is 0 Å². The summed E-state index contributed by atoms with van der Waals surface area (Å²) in [4.78, 5) is 43.4. The topological polar surface area (TPSA) is 197 Å². The highest BCUT2D eigenvalue weighted by atomic mass is 16.6. The van der Waals surface area contributed by atoms with Gasteiger partial charge in [0, 0.05) is 39.1 Å². The van der Waals surface area contributed by atoms with Crippen LogP contribution in [0.2, 0.25) is 0 Å². The average molecular weight is 597 g/mol. The predicted molar refractivity (Wildman–Crippen MR) is 145 cm³/mol. The monoisotopic (exact) mass is 596 g/mol. The molecule has 0 aliphatic heterocycles. The van der Waals surface area contributed by atoms with Crippen LogP contribution >= 0.6 is 0 Å². The first kappa shape index (κ1) is 38.6. The second-order valence-corrected chi connectivity index (χ2v) is 8.48. The van der Waals surface area contributed by atoms with Crippen LogP contribution in [-0.4, -0.2) is 140 Å². The zero-order chi connectivity index (χ0) is 30.2. The van der Waals surface area contributed by atoms with E-state index < -0.39 is 11.9 Å². The minimum absolute atomic E-state index is 0.0166. The molecular weight excluding hydrogens is 548 g/mol. The summed E-state index contributed by atoms with van der Waals surface area (Å²) in [5.74, 6) is -2.53. The molecular formula is C26H48N2O13. The summed E-state index contributed by atoms with van der Waals surface area (Å²) in [6.07, 6.45) is 0.913. The van der Waals surface area contributed by atoms with Crippen molar-refractivity contribution < 1.29 is 62.5 Å². The number of nitrogens with one attached hydrogen (secondary N) is 2. The molecule has 0 rings (SSSR count). The Morgan fingerprint density at radius 3 is 0.878 bits per heavy atom. The predicted octanol–water partition coefficient (Wildman–Crippen LogP) is -0.155. The van der Waals surface area contributed by atoms with E-state index in [2.05, 4.69) is 10.6 Å². The fourth-order valence-corrected chi connectivity index (χ4v) is 2.84. The number of carboxylic acid groups (broad SMARTS) is 2. The third-order valence-corrected chi connectivity index (χ3v) is 4.94. The lowest BCUT2D eigenvalue weighted by molar-refractivity contribution is -0.139. The number of ether oxygens (including phenoxy) is 7. The molecule has 0 saturated heterocycles. The zero-order valence-electron chi connectivity index (χ0n) is 23.9. The Morgan fingerprint density at radius 2 is 0.634 bits per heavy atom. The Morgan fingerprint density at radius 1 is 0.390 bits per heavy atom. The van der Waals surface area contributed by atoms with Crippen molar-refractivity contribution in [2.45, 2.75) is 38.5 Å². The third kappa shape index (κ3) is 33.7. The van der Waals surface area contributed by atoms with E-state index in [9.17, 15) is 19.2 Å². The van der Waals surface area contributed by atoms with Crippen molar-refractivity contribution >= 4 is 23.8 Å². The van der Waals surface area contributed by atoms with Crippen LogP contribution in [0, 0.1) is 0 Å². The fraction of sp³-hybridized carbons (Fsp3) is 0.846. The van der Waals surface area contributed by atoms with Crippen molar-refractivity contribution in [3.05, 3.63) is 0 Å². The number of hydrogen-bond donors (Lipinski definition) is 4. The summed E-state index contributed by atoms with van der Waals surface area (Å²) in [6.45, 7) is 7.25. The molecule has 0 heterocycles. The van der Waals surface area contributed by atoms with Crippen LogP contribution < -0.4 is 10.6 Å². The maximum Gasteiger partial charge on any atom is 0.303 e. The summed E-state index contributed by atoms with van der Waals surface area (Å²) in [6, 6.07) is 0. The molecule has 15 nitrogen and oxygen atoms in total. The van der Waals surface area contributed by atoms with E-state index in [1.807, 2.05) is 0 Å². The van der Waals surface area contributed by atoms with Gasteiger partial charge in [0.25, 0.3) is 0 Å². The smallest absolute Gasteiger partial charge is 0.303 e. The molecule has 4 N–H and O–H groups in total. The lowest BCUT2D eigenvalue weighted by Crippen LogP contribution is -2.25. The van der Waals surface area contributed by atoms with Gasteiger partial charge in [-0.1, -0.05) is 0 Å². The van der Waals surface area contributed by atoms with Gasteiger partial charge in [-0.3, -0.25) is 19.2 Å². The Kier molecular flexibility index (Phi) is 28.8. The van der Waals surface area contributed by atoms with Gasteiger partial charge in [-0.15, -0.1) is 0 Å². The second-order valence-electron chi connectivity index (χ2n) is 8.48. The molecule has 41 heavy (non-hydrogen) atoms. The van der Waals surface area contributed by atoms with E-state index in [4.69, 9.17) is 43.4 Å². The Labute approximate surface area is 241 Å². The van der Waals surface area contributed by atoms with Crippen LogP contribution in [0.4, 0.5) is 0 Å². The van der Waals surface area contributed by atoms with Crippen LogP contribution in [0.1, 0.15) is 38.5 Å². The molecule has 0 saturated carbocycles. The van der Waals surface area contributed by atoms with Crippen molar-refractivity contribution in [1.82, 2.24) is 10.6 Å². The molecule has 0 aliphatic carbocycles. The van der Waals surface area contributed by atoms with Gasteiger partial charge in [0.2, 0.25) is 11.8 Å². The van der Waals surface area contributed by atoms with Gasteiger partial charge >= 0.3 is 11.9 Å². The minimum Gasteiger partial charge on any atom is -0.481 e. The molecule has 0 aromatic rings. The number of amides is 2. The van der Waals surface area contributed by atoms with E-state index in [1.54, 1.807) is 0 Å². The normalized spacial score (nSPS) is 10.9. The van der Waals surface area contributed by atoms with E-state index in [1.165, 1.54) is 0 Å². The first-order valence-electron chi connectivity index (χ1n) is 13.9. The molecule has 2 amide bonds. The lowest BCUT2D eigenvalue weighted by atomic mass is 10.3. The van der Waals surface area contributed by atoms with Gasteiger partial charge in [0.05, 0.1) is 92.1 Å². The van der Waals surface area contributed by atoms with Gasteiger partial charge in [-0.25, -0.2) is 0 Å². The summed E-state index contributed by atoms with van der Waals surface area (Å²) in [5.41, 5.74) is 0. The molecule has 0 fully saturated rings. The minimum atomic E-state index is -0.989. The summed E-state index contributed by atoms with van der Waals surface area (Å²) in [7, 11) is 0. The number of aliphatic carboxylic acids is 2. The summed E-state index contributed by atoms with van der Waals surface area (Å²) >= 11 is 0. The molecule has 0 spiro atoms. The van der Waals surface area contributed by atoms with Crippen LogP contribution in [0.5, 0.6) is 0 Å². The summed E-state index contributed by atoms with van der Waals surface area (Å²) in [5, 5.41) is 22.3. The lowest BCUT2D eigenvalue weighted by Gasteiger charge is -2.09. The quantitative estimate of drug-likeness (QED) is 0.0749. The molecule has 0 aromatic carbocycles. The number of rotatable bonds is 32. The maximum atomic E-state index is 11.3. The molecule has 15 heteroatoms. The third-order valence-electron chi connectivity index (χ3n) is 4.94. The van der Waals surface area contributed by atoms with Crippen LogP contribution in [-0.2, 0) is 52.3 Å². The average Bonchev–Trinajstić information content (AvgIpc) is 2.94. The highest BCUT2D eigenvalue weighted by molar-refractivity contribution is 5.81. The van der Waals surface area contributed by atoms with E-state index in [-0.39, 0.29) is 37.5 Å². The molecule has 0 bridgehead atoms. The highest BCUT2D eigenvalue weighted by Gasteiger charge is 2.05. The first-order valence-corrected chi connectivity index (χ1v) is 13.9. The highest BCUT2D eigenvalue weighted by Crippen LogP contribution is 1.91. The molecule has 0 radical (unpaired) electrons. The van der Waals surface area contributed by atoms with E-state index in [0.717, 1.165) is 0 Å². The Bertz CT molecular complexity index is 613. The van der Waals surface area contributed by atoms with Gasteiger partial charge < -0.3 is 54.0 Å². The summed E-state index contributed by atoms with van der Waals surface area (Å²) < 4.78 is 37.8. The molecule has 0 aromatic heterocycles. The molecule has 0 atom stereocenters. The van der Waals surface area contributed by atoms with E-state index >= 15 is 0 Å². The van der Waals surface area contributed by atoms with Crippen LogP contribution in [0.3, 0.4) is 0 Å². The van der Waals surface area contributed by atoms with Gasteiger partial charge in [0.15, 0.2) is 0 Å². The van der Waals surface area contributed by atoms with Gasteiger partial charge in [-0.05, 0) is 12.8 Å². The largest absolute Gasteiger partial charge is 0.481 e. The van der Waals surface area contributed by atoms with E-state index in [0.29, 0.717) is 118 Å². The Balaban J connectivity index is 3.13. The molecule has 0 aliphatic rings. The van der Waals surface area contributed by atoms with Crippen molar-refractivity contribution in [3.8, 4) is 0 Å². The fourth-order valence-electron chi connectivity index (χ4n) is 2.84. The van der Waals surface area contributed by atoms with Gasteiger partial charge in [0.1, 0.15) is 0 Å². The number of carboxylic acids is 2. The molecule has 0 unspecified atom stereocenters. The van der Waals surface area contributed by atoms with Crippen LogP contribution in [0.25, 0.3) is 0 Å². The standard InChI is InChI=1S/C26H48N2O13/c29-23(3-5-25(31)32)27-7-1-9-35-11-13-37-15-17-39-19-21-41-22-20-40-18-16-38-14-12-36-10-2-8-28-24(30)4-6-26(33)34/h1-22H2,(H,27,29)(H,28,30)(H,31,32)(H,33,34). The zero-order valence-corrected chi connectivity index (χ0v) is 23.9.